The molecule has 0 spiro atoms. The molecular weight excluding hydrogens is 268 g/mol. The number of aromatic nitrogens is 2. The number of anilines is 1. The van der Waals surface area contributed by atoms with Crippen LogP contribution >= 0.6 is 0 Å². The molecule has 0 saturated carbocycles. The molecule has 0 fully saturated rings. The average molecular weight is 288 g/mol. The number of nitrogens with two attached hydrogens (primary N) is 1. The molecule has 3 N–H and O–H groups in total. The van der Waals surface area contributed by atoms with Crippen LogP contribution in [0, 0.1) is 0 Å². The first kappa shape index (κ1) is 15.1. The lowest BCUT2D eigenvalue weighted by Gasteiger charge is -2.23. The van der Waals surface area contributed by atoms with Crippen LogP contribution in [-0.4, -0.2) is 17.1 Å². The van der Waals surface area contributed by atoms with Crippen molar-refractivity contribution in [2.45, 2.75) is 26.2 Å². The highest BCUT2D eigenvalue weighted by Crippen LogP contribution is 2.36. The topological polar surface area (TPSA) is 82.3 Å². The largest absolute Gasteiger partial charge is 0.497 e. The Bertz CT molecular complexity index is 623. The fourth-order valence-corrected chi connectivity index (χ4v) is 1.89. The lowest BCUT2D eigenvalue weighted by Crippen LogP contribution is -2.13. The molecule has 1 aromatic carbocycles. The van der Waals surface area contributed by atoms with Crippen LogP contribution < -0.4 is 20.7 Å². The second-order valence-corrected chi connectivity index (χ2v) is 5.60. The lowest BCUT2D eigenvalue weighted by molar-refractivity contribution is 0.405. The van der Waals surface area contributed by atoms with Gasteiger partial charge >= 0.3 is 0 Å². The first-order chi connectivity index (χ1) is 9.94. The zero-order valence-electron chi connectivity index (χ0n) is 12.7. The zero-order valence-corrected chi connectivity index (χ0v) is 12.7. The van der Waals surface area contributed by atoms with E-state index in [0.717, 1.165) is 11.3 Å². The van der Waals surface area contributed by atoms with Crippen molar-refractivity contribution in [3.8, 4) is 17.4 Å². The Hall–Kier alpha value is -2.34. The van der Waals surface area contributed by atoms with Crippen molar-refractivity contribution in [2.24, 2.45) is 5.84 Å². The summed E-state index contributed by atoms with van der Waals surface area (Å²) in [4.78, 5) is 8.22. The minimum atomic E-state index is -0.0962. The van der Waals surface area contributed by atoms with Crippen LogP contribution in [0.25, 0.3) is 0 Å². The van der Waals surface area contributed by atoms with Crippen LogP contribution in [0.5, 0.6) is 17.4 Å². The maximum atomic E-state index is 5.85. The number of rotatable bonds is 4. The Labute approximate surface area is 124 Å². The Kier molecular flexibility index (Phi) is 4.28. The fourth-order valence-electron chi connectivity index (χ4n) is 1.89. The van der Waals surface area contributed by atoms with E-state index < -0.39 is 0 Å². The fraction of sp³-hybridized carbons (Fsp3) is 0.333. The maximum Gasteiger partial charge on any atom is 0.239 e. The summed E-state index contributed by atoms with van der Waals surface area (Å²) in [6.45, 7) is 6.33. The van der Waals surface area contributed by atoms with Gasteiger partial charge in [-0.2, -0.15) is 4.98 Å². The standard InChI is InChI=1S/C15H20N4O2/c1-15(2,3)11-7-10(20-4)5-6-12(11)21-14-9-17-8-13(18-14)19-16/h5-9H,16H2,1-4H3,(H,18,19). The van der Waals surface area contributed by atoms with Crippen LogP contribution in [0.2, 0.25) is 0 Å². The summed E-state index contributed by atoms with van der Waals surface area (Å²) in [5.41, 5.74) is 3.37. The van der Waals surface area contributed by atoms with Crippen molar-refractivity contribution in [1.82, 2.24) is 9.97 Å². The highest BCUT2D eigenvalue weighted by atomic mass is 16.5. The van der Waals surface area contributed by atoms with E-state index in [1.165, 1.54) is 12.4 Å². The second kappa shape index (κ2) is 5.97. The molecule has 112 valence electrons. The SMILES string of the molecule is COc1ccc(Oc2cncc(NN)n2)c(C(C)(C)C)c1. The predicted molar refractivity (Wildman–Crippen MR) is 81.6 cm³/mol. The summed E-state index contributed by atoms with van der Waals surface area (Å²) < 4.78 is 11.1. The van der Waals surface area contributed by atoms with E-state index in [9.17, 15) is 0 Å². The van der Waals surface area contributed by atoms with Gasteiger partial charge in [-0.05, 0) is 23.6 Å². The zero-order chi connectivity index (χ0) is 15.5. The van der Waals surface area contributed by atoms with Crippen molar-refractivity contribution in [1.29, 1.82) is 0 Å². The third-order valence-corrected chi connectivity index (χ3v) is 2.97. The maximum absolute atomic E-state index is 5.85. The highest BCUT2D eigenvalue weighted by molar-refractivity contribution is 5.45. The Balaban J connectivity index is 2.39. The summed E-state index contributed by atoms with van der Waals surface area (Å²) in [6, 6.07) is 5.68. The first-order valence-corrected chi connectivity index (χ1v) is 6.59. The molecule has 6 nitrogen and oxygen atoms in total. The number of benzene rings is 1. The van der Waals surface area contributed by atoms with E-state index >= 15 is 0 Å². The van der Waals surface area contributed by atoms with Crippen LogP contribution in [0.4, 0.5) is 5.82 Å². The Morgan fingerprint density at radius 2 is 1.95 bits per heavy atom. The third-order valence-electron chi connectivity index (χ3n) is 2.97. The molecule has 2 rings (SSSR count). The third kappa shape index (κ3) is 3.61. The summed E-state index contributed by atoms with van der Waals surface area (Å²) in [6.07, 6.45) is 3.06. The van der Waals surface area contributed by atoms with E-state index in [4.69, 9.17) is 15.3 Å². The molecule has 0 aliphatic heterocycles. The summed E-state index contributed by atoms with van der Waals surface area (Å²) >= 11 is 0. The van der Waals surface area contributed by atoms with Crippen molar-refractivity contribution in [2.75, 3.05) is 12.5 Å². The molecule has 1 heterocycles. The molecule has 0 bridgehead atoms. The van der Waals surface area contributed by atoms with Gasteiger partial charge in [0.05, 0.1) is 19.5 Å². The second-order valence-electron chi connectivity index (χ2n) is 5.60. The van der Waals surface area contributed by atoms with E-state index in [1.807, 2.05) is 18.2 Å². The average Bonchev–Trinajstić information content (AvgIpc) is 2.46. The first-order valence-electron chi connectivity index (χ1n) is 6.59. The molecule has 6 heteroatoms. The lowest BCUT2D eigenvalue weighted by atomic mass is 9.86. The van der Waals surface area contributed by atoms with Crippen molar-refractivity contribution in [3.05, 3.63) is 36.2 Å². The molecule has 0 radical (unpaired) electrons. The van der Waals surface area contributed by atoms with Gasteiger partial charge < -0.3 is 14.9 Å². The van der Waals surface area contributed by atoms with E-state index in [0.29, 0.717) is 17.4 Å². The number of nitrogen functional groups attached to an aromatic ring is 1. The van der Waals surface area contributed by atoms with Gasteiger partial charge in [0.15, 0.2) is 5.82 Å². The molecule has 0 unspecified atom stereocenters. The number of ether oxygens (including phenoxy) is 2. The number of hydrazine groups is 1. The predicted octanol–water partition coefficient (Wildman–Crippen LogP) is 2.86. The number of methoxy groups -OCH3 is 1. The van der Waals surface area contributed by atoms with Gasteiger partial charge in [0, 0.05) is 5.56 Å². The van der Waals surface area contributed by atoms with Crippen molar-refractivity contribution >= 4 is 5.82 Å². The molecular formula is C15H20N4O2. The van der Waals surface area contributed by atoms with Gasteiger partial charge in [0.1, 0.15) is 11.5 Å². The van der Waals surface area contributed by atoms with Crippen molar-refractivity contribution < 1.29 is 9.47 Å². The molecule has 0 aliphatic carbocycles. The quantitative estimate of drug-likeness (QED) is 0.665. The smallest absolute Gasteiger partial charge is 0.239 e. The molecule has 0 aliphatic rings. The van der Waals surface area contributed by atoms with Gasteiger partial charge in [-0.3, -0.25) is 4.98 Å². The molecule has 21 heavy (non-hydrogen) atoms. The molecule has 1 aromatic heterocycles. The Morgan fingerprint density at radius 3 is 2.57 bits per heavy atom. The van der Waals surface area contributed by atoms with Gasteiger partial charge in [0.25, 0.3) is 0 Å². The monoisotopic (exact) mass is 288 g/mol. The van der Waals surface area contributed by atoms with E-state index in [-0.39, 0.29) is 5.41 Å². The van der Waals surface area contributed by atoms with Gasteiger partial charge in [0.2, 0.25) is 5.88 Å². The summed E-state index contributed by atoms with van der Waals surface area (Å²) in [7, 11) is 1.64. The highest BCUT2D eigenvalue weighted by Gasteiger charge is 2.20. The molecule has 0 amide bonds. The number of nitrogens with zero attached hydrogens (tertiary/aromatic N) is 2. The minimum absolute atomic E-state index is 0.0962. The van der Waals surface area contributed by atoms with E-state index in [1.54, 1.807) is 7.11 Å². The molecule has 2 aromatic rings. The minimum Gasteiger partial charge on any atom is -0.497 e. The van der Waals surface area contributed by atoms with Gasteiger partial charge in [-0.15, -0.1) is 0 Å². The summed E-state index contributed by atoms with van der Waals surface area (Å²) in [5.74, 6) is 7.65. The van der Waals surface area contributed by atoms with E-state index in [2.05, 4.69) is 36.2 Å². The molecule has 0 saturated heterocycles. The normalized spacial score (nSPS) is 11.1. The Morgan fingerprint density at radius 1 is 1.19 bits per heavy atom. The number of nitrogens with one attached hydrogen (secondary N) is 1. The molecule has 0 atom stereocenters. The number of hydrogen-bond donors (Lipinski definition) is 2. The van der Waals surface area contributed by atoms with Crippen LogP contribution in [0.15, 0.2) is 30.6 Å². The van der Waals surface area contributed by atoms with Crippen molar-refractivity contribution in [3.63, 3.8) is 0 Å². The van der Waals surface area contributed by atoms with Gasteiger partial charge in [-0.25, -0.2) is 5.84 Å². The van der Waals surface area contributed by atoms with Crippen LogP contribution in [-0.2, 0) is 5.41 Å². The number of hydrogen-bond acceptors (Lipinski definition) is 6. The van der Waals surface area contributed by atoms with Crippen LogP contribution in [0.3, 0.4) is 0 Å². The van der Waals surface area contributed by atoms with Crippen LogP contribution in [0.1, 0.15) is 26.3 Å². The summed E-state index contributed by atoms with van der Waals surface area (Å²) in [5, 5.41) is 0. The van der Waals surface area contributed by atoms with Gasteiger partial charge in [-0.1, -0.05) is 20.8 Å².